The van der Waals surface area contributed by atoms with E-state index >= 15 is 0 Å². The highest BCUT2D eigenvalue weighted by molar-refractivity contribution is 7.16. The molecule has 3 nitrogen and oxygen atoms in total. The lowest BCUT2D eigenvalue weighted by molar-refractivity contribution is 0.0998. The minimum atomic E-state index is -0.193. The number of para-hydroxylation sites is 1. The van der Waals surface area contributed by atoms with E-state index in [2.05, 4.69) is 11.1 Å². The standard InChI is InChI=1S/C19H17ClN2OS/c1-22-17-15(20)7-4-8-16(17)24-19(22)21-18(23)14-10-9-12-5-2-3-6-13(12)11-14/h4,7-11H,2-3,5-6H2,1H3. The first kappa shape index (κ1) is 15.6. The molecule has 0 atom stereocenters. The summed E-state index contributed by atoms with van der Waals surface area (Å²) in [4.78, 5) is 17.6. The van der Waals surface area contributed by atoms with Gasteiger partial charge < -0.3 is 4.57 Å². The number of hydrogen-bond donors (Lipinski definition) is 0. The van der Waals surface area contributed by atoms with E-state index < -0.39 is 0 Å². The van der Waals surface area contributed by atoms with Gasteiger partial charge in [0.25, 0.3) is 5.91 Å². The normalized spacial score (nSPS) is 14.8. The Labute approximate surface area is 149 Å². The molecule has 1 aromatic heterocycles. The van der Waals surface area contributed by atoms with E-state index in [1.54, 1.807) is 0 Å². The fourth-order valence-corrected chi connectivity index (χ4v) is 4.68. The molecule has 122 valence electrons. The summed E-state index contributed by atoms with van der Waals surface area (Å²) in [6.45, 7) is 0. The van der Waals surface area contributed by atoms with Crippen LogP contribution in [0.5, 0.6) is 0 Å². The summed E-state index contributed by atoms with van der Waals surface area (Å²) < 4.78 is 2.92. The van der Waals surface area contributed by atoms with Crippen LogP contribution in [0, 0.1) is 0 Å². The molecule has 4 rings (SSSR count). The van der Waals surface area contributed by atoms with Gasteiger partial charge in [-0.2, -0.15) is 4.99 Å². The van der Waals surface area contributed by atoms with Crippen molar-refractivity contribution in [3.05, 3.63) is 62.9 Å². The summed E-state index contributed by atoms with van der Waals surface area (Å²) in [5, 5.41) is 0.675. The van der Waals surface area contributed by atoms with Crippen LogP contribution in [0.4, 0.5) is 0 Å². The van der Waals surface area contributed by atoms with E-state index in [1.165, 1.54) is 35.3 Å². The van der Waals surface area contributed by atoms with Gasteiger partial charge in [-0.25, -0.2) is 0 Å². The summed E-state index contributed by atoms with van der Waals surface area (Å²) >= 11 is 7.75. The molecule has 2 aromatic carbocycles. The molecule has 1 aliphatic rings. The van der Waals surface area contributed by atoms with Gasteiger partial charge in [0.1, 0.15) is 0 Å². The predicted octanol–water partition coefficient (Wildman–Crippen LogP) is 4.51. The Balaban J connectivity index is 1.77. The first-order chi connectivity index (χ1) is 11.6. The van der Waals surface area contributed by atoms with Crippen LogP contribution in [0.1, 0.15) is 34.3 Å². The maximum absolute atomic E-state index is 12.6. The first-order valence-corrected chi connectivity index (χ1v) is 9.28. The SMILES string of the molecule is Cn1c(=NC(=O)c2ccc3c(c2)CCCC3)sc2cccc(Cl)c21. The highest BCUT2D eigenvalue weighted by atomic mass is 35.5. The van der Waals surface area contributed by atoms with E-state index in [-0.39, 0.29) is 5.91 Å². The Kier molecular flexibility index (Phi) is 4.02. The third kappa shape index (κ3) is 2.70. The number of thiazole rings is 1. The number of aryl methyl sites for hydroxylation is 3. The Bertz CT molecular complexity index is 1020. The van der Waals surface area contributed by atoms with Gasteiger partial charge in [-0.1, -0.05) is 35.1 Å². The molecule has 0 saturated carbocycles. The van der Waals surface area contributed by atoms with E-state index in [1.807, 2.05) is 41.9 Å². The molecule has 0 aliphatic heterocycles. The van der Waals surface area contributed by atoms with Crippen molar-refractivity contribution in [1.29, 1.82) is 0 Å². The zero-order valence-corrected chi connectivity index (χ0v) is 15.0. The van der Waals surface area contributed by atoms with Crippen LogP contribution in [-0.4, -0.2) is 10.5 Å². The van der Waals surface area contributed by atoms with Crippen molar-refractivity contribution in [3.63, 3.8) is 0 Å². The number of benzene rings is 2. The van der Waals surface area contributed by atoms with Crippen molar-refractivity contribution in [1.82, 2.24) is 4.57 Å². The van der Waals surface area contributed by atoms with Crippen LogP contribution >= 0.6 is 22.9 Å². The molecule has 5 heteroatoms. The zero-order chi connectivity index (χ0) is 16.7. The minimum Gasteiger partial charge on any atom is -0.318 e. The van der Waals surface area contributed by atoms with Crippen LogP contribution in [0.25, 0.3) is 10.2 Å². The lowest BCUT2D eigenvalue weighted by Gasteiger charge is -2.15. The lowest BCUT2D eigenvalue weighted by atomic mass is 9.90. The topological polar surface area (TPSA) is 34.4 Å². The summed E-state index contributed by atoms with van der Waals surface area (Å²) in [6, 6.07) is 11.8. The molecule has 1 amide bonds. The molecular formula is C19H17ClN2OS. The minimum absolute atomic E-state index is 0.193. The Morgan fingerprint density at radius 3 is 2.75 bits per heavy atom. The van der Waals surface area contributed by atoms with Gasteiger partial charge in [-0.05, 0) is 61.1 Å². The molecular weight excluding hydrogens is 340 g/mol. The summed E-state index contributed by atoms with van der Waals surface area (Å²) in [5.74, 6) is -0.193. The van der Waals surface area contributed by atoms with E-state index in [4.69, 9.17) is 11.6 Å². The van der Waals surface area contributed by atoms with Gasteiger partial charge in [0, 0.05) is 12.6 Å². The second-order valence-electron chi connectivity index (χ2n) is 6.14. The van der Waals surface area contributed by atoms with Gasteiger partial charge in [0.15, 0.2) is 4.80 Å². The van der Waals surface area contributed by atoms with Crippen LogP contribution in [0.15, 0.2) is 41.4 Å². The molecule has 24 heavy (non-hydrogen) atoms. The number of aromatic nitrogens is 1. The van der Waals surface area contributed by atoms with Gasteiger partial charge >= 0.3 is 0 Å². The summed E-state index contributed by atoms with van der Waals surface area (Å²) in [7, 11) is 1.89. The second-order valence-corrected chi connectivity index (χ2v) is 7.55. The number of carbonyl (C=O) groups excluding carboxylic acids is 1. The quantitative estimate of drug-likeness (QED) is 0.631. The third-order valence-corrected chi connectivity index (χ3v) is 5.97. The molecule has 0 unspecified atom stereocenters. The number of nitrogens with zero attached hydrogens (tertiary/aromatic N) is 2. The van der Waals surface area contributed by atoms with Crippen molar-refractivity contribution in [2.45, 2.75) is 25.7 Å². The Morgan fingerprint density at radius 1 is 1.17 bits per heavy atom. The van der Waals surface area contributed by atoms with Crippen molar-refractivity contribution >= 4 is 39.1 Å². The molecule has 1 aliphatic carbocycles. The monoisotopic (exact) mass is 356 g/mol. The fourth-order valence-electron chi connectivity index (χ4n) is 3.28. The molecule has 0 fully saturated rings. The van der Waals surface area contributed by atoms with Gasteiger partial charge in [-0.15, -0.1) is 0 Å². The molecule has 1 heterocycles. The van der Waals surface area contributed by atoms with Crippen molar-refractivity contribution < 1.29 is 4.79 Å². The highest BCUT2D eigenvalue weighted by Gasteiger charge is 2.13. The molecule has 0 bridgehead atoms. The highest BCUT2D eigenvalue weighted by Crippen LogP contribution is 2.25. The third-order valence-electron chi connectivity index (χ3n) is 4.57. The van der Waals surface area contributed by atoms with Crippen LogP contribution in [0.3, 0.4) is 0 Å². The molecule has 0 N–H and O–H groups in total. The van der Waals surface area contributed by atoms with E-state index in [0.717, 1.165) is 23.1 Å². The number of amides is 1. The smallest absolute Gasteiger partial charge is 0.279 e. The molecule has 0 radical (unpaired) electrons. The van der Waals surface area contributed by atoms with Crippen molar-refractivity contribution in [2.75, 3.05) is 0 Å². The Morgan fingerprint density at radius 2 is 1.96 bits per heavy atom. The van der Waals surface area contributed by atoms with Crippen LogP contribution in [-0.2, 0) is 19.9 Å². The van der Waals surface area contributed by atoms with Crippen molar-refractivity contribution in [3.8, 4) is 0 Å². The van der Waals surface area contributed by atoms with E-state index in [9.17, 15) is 4.79 Å². The number of carbonyl (C=O) groups is 1. The van der Waals surface area contributed by atoms with Gasteiger partial charge in [-0.3, -0.25) is 4.79 Å². The maximum atomic E-state index is 12.6. The van der Waals surface area contributed by atoms with Crippen LogP contribution in [0.2, 0.25) is 5.02 Å². The summed E-state index contributed by atoms with van der Waals surface area (Å²) in [5.41, 5.74) is 4.25. The zero-order valence-electron chi connectivity index (χ0n) is 13.4. The predicted molar refractivity (Wildman–Crippen MR) is 98.8 cm³/mol. The number of hydrogen-bond acceptors (Lipinski definition) is 2. The fraction of sp³-hybridized carbons (Fsp3) is 0.263. The van der Waals surface area contributed by atoms with Gasteiger partial charge in [0.05, 0.1) is 15.2 Å². The largest absolute Gasteiger partial charge is 0.318 e. The lowest BCUT2D eigenvalue weighted by Crippen LogP contribution is -2.14. The first-order valence-electron chi connectivity index (χ1n) is 8.08. The number of rotatable bonds is 1. The molecule has 3 aromatic rings. The van der Waals surface area contributed by atoms with E-state index in [0.29, 0.717) is 15.4 Å². The second kappa shape index (κ2) is 6.19. The summed E-state index contributed by atoms with van der Waals surface area (Å²) in [6.07, 6.45) is 4.61. The average molecular weight is 357 g/mol. The maximum Gasteiger partial charge on any atom is 0.279 e. The molecule has 0 saturated heterocycles. The average Bonchev–Trinajstić information content (AvgIpc) is 2.91. The number of halogens is 1. The van der Waals surface area contributed by atoms with Crippen molar-refractivity contribution in [2.24, 2.45) is 12.0 Å². The number of fused-ring (bicyclic) bond motifs is 2. The van der Waals surface area contributed by atoms with Crippen LogP contribution < -0.4 is 4.80 Å². The molecule has 0 spiro atoms. The Hall–Kier alpha value is -1.91. The van der Waals surface area contributed by atoms with Gasteiger partial charge in [0.2, 0.25) is 0 Å².